The molecule has 1 aliphatic carbocycles. The molecule has 2 N–H and O–H groups in total. The average molecular weight is 299 g/mol. The van der Waals surface area contributed by atoms with E-state index in [9.17, 15) is 9.59 Å². The molecule has 0 bridgehead atoms. The van der Waals surface area contributed by atoms with Gasteiger partial charge in [0.25, 0.3) is 0 Å². The van der Waals surface area contributed by atoms with E-state index in [0.717, 1.165) is 25.8 Å². The van der Waals surface area contributed by atoms with Crippen LogP contribution in [-0.4, -0.2) is 66.2 Å². The fourth-order valence-electron chi connectivity index (χ4n) is 2.58. The summed E-state index contributed by atoms with van der Waals surface area (Å²) in [5.41, 5.74) is -0.531. The van der Waals surface area contributed by atoms with Gasteiger partial charge in [0, 0.05) is 19.6 Å². The number of urea groups is 1. The van der Waals surface area contributed by atoms with Crippen molar-refractivity contribution in [2.45, 2.75) is 45.1 Å². The molecule has 1 saturated carbocycles. The normalized spacial score (nSPS) is 16.7. The van der Waals surface area contributed by atoms with E-state index in [2.05, 4.69) is 19.2 Å². The Morgan fingerprint density at radius 1 is 1.24 bits per heavy atom. The molecule has 21 heavy (non-hydrogen) atoms. The molecule has 0 aromatic rings. The van der Waals surface area contributed by atoms with Crippen molar-refractivity contribution in [2.24, 2.45) is 5.92 Å². The smallest absolute Gasteiger partial charge is 0.317 e. The summed E-state index contributed by atoms with van der Waals surface area (Å²) in [6.45, 7) is 6.29. The third kappa shape index (κ3) is 5.91. The van der Waals surface area contributed by atoms with Gasteiger partial charge in [0.1, 0.15) is 0 Å². The quantitative estimate of drug-likeness (QED) is 0.714. The standard InChI is InChI=1S/C15H29N3O3/c1-12(2)11-18(9-8-17(3)4)14(21)16-15(6-5-7-15)10-13(19)20/h12H,5-11H2,1-4H3,(H,16,21)(H,19,20). The van der Waals surface area contributed by atoms with Crippen molar-refractivity contribution in [3.63, 3.8) is 0 Å². The zero-order chi connectivity index (χ0) is 16.0. The summed E-state index contributed by atoms with van der Waals surface area (Å²) in [5.74, 6) is -0.464. The minimum Gasteiger partial charge on any atom is -0.481 e. The molecule has 1 aliphatic rings. The van der Waals surface area contributed by atoms with Crippen molar-refractivity contribution < 1.29 is 14.7 Å². The highest BCUT2D eigenvalue weighted by atomic mass is 16.4. The lowest BCUT2D eigenvalue weighted by molar-refractivity contribution is -0.139. The molecular weight excluding hydrogens is 270 g/mol. The summed E-state index contributed by atoms with van der Waals surface area (Å²) in [6.07, 6.45) is 2.51. The Balaban J connectivity index is 2.63. The molecule has 0 heterocycles. The van der Waals surface area contributed by atoms with E-state index in [1.54, 1.807) is 4.90 Å². The van der Waals surface area contributed by atoms with Crippen LogP contribution in [0.25, 0.3) is 0 Å². The fourth-order valence-corrected chi connectivity index (χ4v) is 2.58. The maximum atomic E-state index is 12.5. The lowest BCUT2D eigenvalue weighted by atomic mass is 9.74. The summed E-state index contributed by atoms with van der Waals surface area (Å²) in [4.78, 5) is 27.3. The first-order valence-corrected chi connectivity index (χ1v) is 7.68. The van der Waals surface area contributed by atoms with Crippen LogP contribution in [-0.2, 0) is 4.79 Å². The van der Waals surface area contributed by atoms with E-state index >= 15 is 0 Å². The Hall–Kier alpha value is -1.30. The molecule has 0 aliphatic heterocycles. The Morgan fingerprint density at radius 2 is 1.86 bits per heavy atom. The number of hydrogen-bond acceptors (Lipinski definition) is 3. The lowest BCUT2D eigenvalue weighted by Gasteiger charge is -2.43. The van der Waals surface area contributed by atoms with Crippen LogP contribution in [0.1, 0.15) is 39.5 Å². The number of nitrogens with one attached hydrogen (secondary N) is 1. The molecular formula is C15H29N3O3. The molecule has 0 aromatic heterocycles. The molecule has 0 unspecified atom stereocenters. The number of rotatable bonds is 8. The zero-order valence-electron chi connectivity index (χ0n) is 13.7. The van der Waals surface area contributed by atoms with Crippen LogP contribution in [0.5, 0.6) is 0 Å². The van der Waals surface area contributed by atoms with E-state index < -0.39 is 11.5 Å². The maximum Gasteiger partial charge on any atom is 0.317 e. The Morgan fingerprint density at radius 3 is 2.24 bits per heavy atom. The van der Waals surface area contributed by atoms with E-state index in [1.165, 1.54) is 0 Å². The minimum absolute atomic E-state index is 0.0158. The van der Waals surface area contributed by atoms with Gasteiger partial charge in [-0.15, -0.1) is 0 Å². The van der Waals surface area contributed by atoms with Gasteiger partial charge in [0.2, 0.25) is 0 Å². The zero-order valence-corrected chi connectivity index (χ0v) is 13.7. The van der Waals surface area contributed by atoms with Crippen molar-refractivity contribution in [2.75, 3.05) is 33.7 Å². The molecule has 0 atom stereocenters. The van der Waals surface area contributed by atoms with Gasteiger partial charge >= 0.3 is 12.0 Å². The van der Waals surface area contributed by atoms with E-state index in [-0.39, 0.29) is 12.5 Å². The van der Waals surface area contributed by atoms with E-state index in [0.29, 0.717) is 19.0 Å². The molecule has 0 saturated heterocycles. The van der Waals surface area contributed by atoms with Crippen molar-refractivity contribution in [3.8, 4) is 0 Å². The van der Waals surface area contributed by atoms with Crippen LogP contribution in [0.15, 0.2) is 0 Å². The molecule has 6 nitrogen and oxygen atoms in total. The van der Waals surface area contributed by atoms with Gasteiger partial charge in [-0.3, -0.25) is 4.79 Å². The van der Waals surface area contributed by atoms with Gasteiger partial charge in [0.15, 0.2) is 0 Å². The summed E-state index contributed by atoms with van der Waals surface area (Å²) in [5, 5.41) is 12.0. The largest absolute Gasteiger partial charge is 0.481 e. The SMILES string of the molecule is CC(C)CN(CCN(C)C)C(=O)NC1(CC(=O)O)CCC1. The molecule has 6 heteroatoms. The number of carbonyl (C=O) groups is 2. The number of amides is 2. The van der Waals surface area contributed by atoms with E-state index in [1.807, 2.05) is 19.0 Å². The highest BCUT2D eigenvalue weighted by Crippen LogP contribution is 2.35. The minimum atomic E-state index is -0.848. The van der Waals surface area contributed by atoms with Crippen LogP contribution in [0.3, 0.4) is 0 Å². The number of carbonyl (C=O) groups excluding carboxylic acids is 1. The summed E-state index contributed by atoms with van der Waals surface area (Å²) >= 11 is 0. The summed E-state index contributed by atoms with van der Waals surface area (Å²) < 4.78 is 0. The Kier molecular flexibility index (Phi) is 6.45. The number of nitrogens with zero attached hydrogens (tertiary/aromatic N) is 2. The second-order valence-corrected chi connectivity index (χ2v) is 6.78. The first-order valence-electron chi connectivity index (χ1n) is 7.68. The third-order valence-electron chi connectivity index (χ3n) is 3.86. The molecule has 1 fully saturated rings. The first kappa shape index (κ1) is 17.8. The Bertz CT molecular complexity index is 365. The molecule has 0 radical (unpaired) electrons. The predicted octanol–water partition coefficient (Wildman–Crippen LogP) is 1.61. The van der Waals surface area contributed by atoms with Gasteiger partial charge in [-0.25, -0.2) is 4.79 Å². The van der Waals surface area contributed by atoms with Gasteiger partial charge in [-0.05, 0) is 39.3 Å². The van der Waals surface area contributed by atoms with Crippen molar-refractivity contribution in [1.29, 1.82) is 0 Å². The Labute approximate surface area is 127 Å². The van der Waals surface area contributed by atoms with Crippen molar-refractivity contribution >= 4 is 12.0 Å². The van der Waals surface area contributed by atoms with Gasteiger partial charge in [0.05, 0.1) is 12.0 Å². The highest BCUT2D eigenvalue weighted by molar-refractivity contribution is 5.77. The predicted molar refractivity (Wildman–Crippen MR) is 82.3 cm³/mol. The maximum absolute atomic E-state index is 12.5. The van der Waals surface area contributed by atoms with Crippen molar-refractivity contribution in [3.05, 3.63) is 0 Å². The fraction of sp³-hybridized carbons (Fsp3) is 0.867. The monoisotopic (exact) mass is 299 g/mol. The van der Waals surface area contributed by atoms with Crippen LogP contribution in [0.2, 0.25) is 0 Å². The lowest BCUT2D eigenvalue weighted by Crippen LogP contribution is -2.58. The van der Waals surface area contributed by atoms with Crippen LogP contribution in [0.4, 0.5) is 4.79 Å². The average Bonchev–Trinajstić information content (AvgIpc) is 2.30. The topological polar surface area (TPSA) is 72.9 Å². The van der Waals surface area contributed by atoms with Crippen LogP contribution in [0, 0.1) is 5.92 Å². The number of carboxylic acids is 1. The molecule has 1 rings (SSSR count). The number of likely N-dealkylation sites (N-methyl/N-ethyl adjacent to an activating group) is 1. The molecule has 0 spiro atoms. The van der Waals surface area contributed by atoms with Gasteiger partial charge < -0.3 is 20.2 Å². The second kappa shape index (κ2) is 7.64. The summed E-state index contributed by atoms with van der Waals surface area (Å²) in [7, 11) is 3.95. The number of carboxylic acid groups (broad SMARTS) is 1. The molecule has 122 valence electrons. The van der Waals surface area contributed by atoms with Crippen LogP contribution >= 0.6 is 0 Å². The van der Waals surface area contributed by atoms with E-state index in [4.69, 9.17) is 5.11 Å². The third-order valence-corrected chi connectivity index (χ3v) is 3.86. The molecule has 0 aromatic carbocycles. The molecule has 2 amide bonds. The van der Waals surface area contributed by atoms with Crippen LogP contribution < -0.4 is 5.32 Å². The van der Waals surface area contributed by atoms with Crippen molar-refractivity contribution in [1.82, 2.24) is 15.1 Å². The highest BCUT2D eigenvalue weighted by Gasteiger charge is 2.41. The second-order valence-electron chi connectivity index (χ2n) is 6.78. The summed E-state index contributed by atoms with van der Waals surface area (Å²) in [6, 6.07) is -0.133. The van der Waals surface area contributed by atoms with Gasteiger partial charge in [-0.1, -0.05) is 13.8 Å². The van der Waals surface area contributed by atoms with Gasteiger partial charge in [-0.2, -0.15) is 0 Å². The first-order chi connectivity index (χ1) is 9.74. The number of aliphatic carboxylic acids is 1. The number of hydrogen-bond donors (Lipinski definition) is 2.